The molecule has 1 amide bonds. The van der Waals surface area contributed by atoms with Crippen molar-refractivity contribution in [2.45, 2.75) is 6.42 Å². The highest BCUT2D eigenvalue weighted by Gasteiger charge is 2.14. The van der Waals surface area contributed by atoms with Gasteiger partial charge in [0.05, 0.1) is 5.56 Å². The van der Waals surface area contributed by atoms with Crippen LogP contribution >= 0.6 is 0 Å². The molecule has 2 rings (SSSR count). The number of piperazine rings is 1. The van der Waals surface area contributed by atoms with E-state index in [1.165, 1.54) is 0 Å². The predicted octanol–water partition coefficient (Wildman–Crippen LogP) is 1.33. The zero-order chi connectivity index (χ0) is 15.2. The Morgan fingerprint density at radius 3 is 2.67 bits per heavy atom. The van der Waals surface area contributed by atoms with Gasteiger partial charge in [0.15, 0.2) is 0 Å². The standard InChI is InChI=1S/C15H21F2N3O/c1-19-7-9-20(10-8-19)6-2-5-18-15(21)13-11-12(16)3-4-14(13)17/h3-4,11H,2,5-10H2,1H3,(H,18,21). The van der Waals surface area contributed by atoms with Crippen LogP contribution in [0.5, 0.6) is 0 Å². The minimum absolute atomic E-state index is 0.241. The van der Waals surface area contributed by atoms with Crippen LogP contribution in [0.15, 0.2) is 18.2 Å². The number of hydrogen-bond donors (Lipinski definition) is 1. The van der Waals surface area contributed by atoms with Crippen LogP contribution in [0.25, 0.3) is 0 Å². The van der Waals surface area contributed by atoms with Crippen molar-refractivity contribution in [3.8, 4) is 0 Å². The molecule has 1 aliphatic rings. The van der Waals surface area contributed by atoms with Gasteiger partial charge in [-0.15, -0.1) is 0 Å². The second-order valence-corrected chi connectivity index (χ2v) is 5.38. The summed E-state index contributed by atoms with van der Waals surface area (Å²) in [6.07, 6.45) is 0.798. The van der Waals surface area contributed by atoms with E-state index in [4.69, 9.17) is 0 Å². The highest BCUT2D eigenvalue weighted by molar-refractivity contribution is 5.94. The first kappa shape index (κ1) is 15.9. The molecule has 0 atom stereocenters. The number of nitrogens with zero attached hydrogens (tertiary/aromatic N) is 2. The van der Waals surface area contributed by atoms with Crippen LogP contribution in [0.2, 0.25) is 0 Å². The van der Waals surface area contributed by atoms with Crippen LogP contribution in [-0.2, 0) is 0 Å². The van der Waals surface area contributed by atoms with E-state index in [2.05, 4.69) is 22.2 Å². The molecule has 0 spiro atoms. The molecule has 0 saturated carbocycles. The predicted molar refractivity (Wildman–Crippen MR) is 77.2 cm³/mol. The maximum Gasteiger partial charge on any atom is 0.254 e. The summed E-state index contributed by atoms with van der Waals surface area (Å²) in [7, 11) is 2.10. The van der Waals surface area contributed by atoms with E-state index in [1.807, 2.05) is 0 Å². The molecule has 116 valence electrons. The lowest BCUT2D eigenvalue weighted by Gasteiger charge is -2.32. The summed E-state index contributed by atoms with van der Waals surface area (Å²) in [6.45, 7) is 5.54. The number of carbonyl (C=O) groups excluding carboxylic acids is 1. The highest BCUT2D eigenvalue weighted by atomic mass is 19.1. The summed E-state index contributed by atoms with van der Waals surface area (Å²) in [5.74, 6) is -1.88. The Balaban J connectivity index is 1.71. The lowest BCUT2D eigenvalue weighted by atomic mass is 10.2. The van der Waals surface area contributed by atoms with Gasteiger partial charge in [-0.1, -0.05) is 0 Å². The van der Waals surface area contributed by atoms with Gasteiger partial charge in [-0.2, -0.15) is 0 Å². The number of halogens is 2. The summed E-state index contributed by atoms with van der Waals surface area (Å²) in [4.78, 5) is 16.4. The van der Waals surface area contributed by atoms with Gasteiger partial charge in [-0.05, 0) is 38.2 Å². The molecule has 1 aromatic carbocycles. The molecule has 4 nitrogen and oxygen atoms in total. The van der Waals surface area contributed by atoms with E-state index in [0.29, 0.717) is 6.54 Å². The minimum Gasteiger partial charge on any atom is -0.352 e. The molecule has 0 unspecified atom stereocenters. The third-order valence-corrected chi connectivity index (χ3v) is 3.71. The number of benzene rings is 1. The van der Waals surface area contributed by atoms with Crippen LogP contribution < -0.4 is 5.32 Å². The lowest BCUT2D eigenvalue weighted by molar-refractivity contribution is 0.0945. The Labute approximate surface area is 123 Å². The molecule has 6 heteroatoms. The second kappa shape index (κ2) is 7.47. The van der Waals surface area contributed by atoms with Crippen molar-refractivity contribution in [1.82, 2.24) is 15.1 Å². The third-order valence-electron chi connectivity index (χ3n) is 3.71. The van der Waals surface area contributed by atoms with Crippen LogP contribution in [0, 0.1) is 11.6 Å². The Bertz CT molecular complexity index is 488. The number of amides is 1. The van der Waals surface area contributed by atoms with Crippen LogP contribution in [0.4, 0.5) is 8.78 Å². The van der Waals surface area contributed by atoms with Gasteiger partial charge in [-0.3, -0.25) is 4.79 Å². The topological polar surface area (TPSA) is 35.6 Å². The number of rotatable bonds is 5. The first-order chi connectivity index (χ1) is 10.1. The van der Waals surface area contributed by atoms with Crippen molar-refractivity contribution in [2.24, 2.45) is 0 Å². The first-order valence-electron chi connectivity index (χ1n) is 7.20. The van der Waals surface area contributed by atoms with Crippen molar-refractivity contribution in [1.29, 1.82) is 0 Å². The molecule has 1 heterocycles. The van der Waals surface area contributed by atoms with Crippen molar-refractivity contribution in [2.75, 3.05) is 46.3 Å². The number of nitrogens with one attached hydrogen (secondary N) is 1. The van der Waals surface area contributed by atoms with Crippen LogP contribution in [-0.4, -0.2) is 62.0 Å². The molecule has 0 aromatic heterocycles. The fourth-order valence-electron chi connectivity index (χ4n) is 2.34. The molecule has 1 saturated heterocycles. The van der Waals surface area contributed by atoms with Gasteiger partial charge < -0.3 is 15.1 Å². The Morgan fingerprint density at radius 2 is 1.95 bits per heavy atom. The molecular formula is C15H21F2N3O. The molecular weight excluding hydrogens is 276 g/mol. The number of hydrogen-bond acceptors (Lipinski definition) is 3. The Kier molecular flexibility index (Phi) is 5.64. The van der Waals surface area contributed by atoms with Gasteiger partial charge in [0.1, 0.15) is 11.6 Å². The van der Waals surface area contributed by atoms with Gasteiger partial charge in [0.2, 0.25) is 0 Å². The summed E-state index contributed by atoms with van der Waals surface area (Å²) in [5.41, 5.74) is -0.241. The third kappa shape index (κ3) is 4.75. The monoisotopic (exact) mass is 297 g/mol. The van der Waals surface area contributed by atoms with Crippen LogP contribution in [0.1, 0.15) is 16.8 Å². The average molecular weight is 297 g/mol. The van der Waals surface area contributed by atoms with Crippen LogP contribution in [0.3, 0.4) is 0 Å². The molecule has 1 N–H and O–H groups in total. The van der Waals surface area contributed by atoms with Crippen molar-refractivity contribution >= 4 is 5.91 Å². The summed E-state index contributed by atoms with van der Waals surface area (Å²) in [6, 6.07) is 2.89. The van der Waals surface area contributed by atoms with Crippen molar-refractivity contribution in [3.05, 3.63) is 35.4 Å². The van der Waals surface area contributed by atoms with Crippen molar-refractivity contribution in [3.63, 3.8) is 0 Å². The molecule has 0 radical (unpaired) electrons. The largest absolute Gasteiger partial charge is 0.352 e. The van der Waals surface area contributed by atoms with E-state index in [0.717, 1.165) is 57.3 Å². The van der Waals surface area contributed by atoms with Gasteiger partial charge >= 0.3 is 0 Å². The van der Waals surface area contributed by atoms with Gasteiger partial charge in [0, 0.05) is 32.7 Å². The van der Waals surface area contributed by atoms with E-state index in [1.54, 1.807) is 0 Å². The maximum absolute atomic E-state index is 13.4. The number of carbonyl (C=O) groups is 1. The smallest absolute Gasteiger partial charge is 0.254 e. The lowest BCUT2D eigenvalue weighted by Crippen LogP contribution is -2.45. The maximum atomic E-state index is 13.4. The van der Waals surface area contributed by atoms with E-state index in [-0.39, 0.29) is 5.56 Å². The molecule has 0 bridgehead atoms. The quantitative estimate of drug-likeness (QED) is 0.833. The normalized spacial score (nSPS) is 16.9. The average Bonchev–Trinajstić information content (AvgIpc) is 2.47. The fourth-order valence-corrected chi connectivity index (χ4v) is 2.34. The molecule has 1 aliphatic heterocycles. The number of likely N-dealkylation sites (N-methyl/N-ethyl adjacent to an activating group) is 1. The fraction of sp³-hybridized carbons (Fsp3) is 0.533. The van der Waals surface area contributed by atoms with E-state index >= 15 is 0 Å². The SMILES string of the molecule is CN1CCN(CCCNC(=O)c2cc(F)ccc2F)CC1. The van der Waals surface area contributed by atoms with E-state index in [9.17, 15) is 13.6 Å². The summed E-state index contributed by atoms with van der Waals surface area (Å²) < 4.78 is 26.4. The van der Waals surface area contributed by atoms with Gasteiger partial charge in [-0.25, -0.2) is 8.78 Å². The Morgan fingerprint density at radius 1 is 1.24 bits per heavy atom. The first-order valence-corrected chi connectivity index (χ1v) is 7.20. The minimum atomic E-state index is -0.701. The zero-order valence-corrected chi connectivity index (χ0v) is 12.2. The summed E-state index contributed by atoms with van der Waals surface area (Å²) in [5, 5.41) is 2.63. The van der Waals surface area contributed by atoms with Crippen molar-refractivity contribution < 1.29 is 13.6 Å². The van der Waals surface area contributed by atoms with E-state index < -0.39 is 17.5 Å². The molecule has 0 aliphatic carbocycles. The van der Waals surface area contributed by atoms with Gasteiger partial charge in [0.25, 0.3) is 5.91 Å². The molecule has 1 fully saturated rings. The molecule has 21 heavy (non-hydrogen) atoms. The summed E-state index contributed by atoms with van der Waals surface area (Å²) >= 11 is 0. The highest BCUT2D eigenvalue weighted by Crippen LogP contribution is 2.09. The molecule has 1 aromatic rings. The second-order valence-electron chi connectivity index (χ2n) is 5.38. The zero-order valence-electron chi connectivity index (χ0n) is 12.2. The Hall–Kier alpha value is -1.53.